The lowest BCUT2D eigenvalue weighted by Gasteiger charge is -2.21. The summed E-state index contributed by atoms with van der Waals surface area (Å²) in [6, 6.07) is 0.000334. The Balaban J connectivity index is 2.54. The van der Waals surface area contributed by atoms with Gasteiger partial charge in [0.25, 0.3) is 0 Å². The predicted octanol–water partition coefficient (Wildman–Crippen LogP) is -0.166. The van der Waals surface area contributed by atoms with Crippen molar-refractivity contribution in [2.75, 3.05) is 13.6 Å². The van der Waals surface area contributed by atoms with Gasteiger partial charge in [-0.3, -0.25) is 14.4 Å². The smallest absolute Gasteiger partial charge is 0.319 e. The first kappa shape index (κ1) is 13.5. The van der Waals surface area contributed by atoms with Crippen LogP contribution < -0.4 is 5.32 Å². The molecule has 0 aromatic rings. The standard InChI is InChI=1S/C11H18N2O4/c1-7(2)12-8(14)6-13(3)9(15)11(4-5-11)10(16)17/h7H,4-6H2,1-3H3,(H,12,14)(H,16,17). The zero-order valence-electron chi connectivity index (χ0n) is 10.3. The van der Waals surface area contributed by atoms with Crippen LogP contribution in [0.25, 0.3) is 0 Å². The molecule has 96 valence electrons. The molecule has 0 unspecified atom stereocenters. The van der Waals surface area contributed by atoms with Crippen LogP contribution >= 0.6 is 0 Å². The molecule has 1 saturated carbocycles. The summed E-state index contributed by atoms with van der Waals surface area (Å²) in [5, 5.41) is 11.6. The quantitative estimate of drug-likeness (QED) is 0.655. The molecule has 0 radical (unpaired) electrons. The second-order valence-electron chi connectivity index (χ2n) is 4.77. The minimum atomic E-state index is -1.27. The maximum atomic E-state index is 11.9. The molecule has 0 aliphatic heterocycles. The van der Waals surface area contributed by atoms with Gasteiger partial charge in [0.05, 0.1) is 6.54 Å². The van der Waals surface area contributed by atoms with Crippen molar-refractivity contribution in [3.05, 3.63) is 0 Å². The van der Waals surface area contributed by atoms with Gasteiger partial charge in [-0.1, -0.05) is 0 Å². The summed E-state index contributed by atoms with van der Waals surface area (Å²) in [4.78, 5) is 35.4. The molecular formula is C11H18N2O4. The van der Waals surface area contributed by atoms with Crippen LogP contribution in [0.5, 0.6) is 0 Å². The number of rotatable bonds is 5. The Morgan fingerprint density at radius 1 is 1.35 bits per heavy atom. The molecule has 0 atom stereocenters. The molecule has 0 spiro atoms. The van der Waals surface area contributed by atoms with Gasteiger partial charge in [0, 0.05) is 13.1 Å². The number of nitrogens with one attached hydrogen (secondary N) is 1. The highest BCUT2D eigenvalue weighted by atomic mass is 16.4. The number of hydrogen-bond donors (Lipinski definition) is 2. The number of carbonyl (C=O) groups is 3. The molecule has 1 rings (SSSR count). The van der Waals surface area contributed by atoms with Gasteiger partial charge in [-0.15, -0.1) is 0 Å². The fourth-order valence-electron chi connectivity index (χ4n) is 1.66. The Hall–Kier alpha value is -1.59. The monoisotopic (exact) mass is 242 g/mol. The summed E-state index contributed by atoms with van der Waals surface area (Å²) in [6.07, 6.45) is 0.717. The van der Waals surface area contributed by atoms with Crippen LogP contribution in [0.2, 0.25) is 0 Å². The Morgan fingerprint density at radius 2 is 1.88 bits per heavy atom. The van der Waals surface area contributed by atoms with Crippen LogP contribution in [0.3, 0.4) is 0 Å². The zero-order chi connectivity index (χ0) is 13.2. The van der Waals surface area contributed by atoms with Gasteiger partial charge in [-0.2, -0.15) is 0 Å². The molecule has 1 fully saturated rings. The van der Waals surface area contributed by atoms with E-state index in [-0.39, 0.29) is 18.5 Å². The van der Waals surface area contributed by atoms with Crippen molar-refractivity contribution >= 4 is 17.8 Å². The number of hydrogen-bond acceptors (Lipinski definition) is 3. The first-order chi connectivity index (χ1) is 7.79. The fraction of sp³-hybridized carbons (Fsp3) is 0.727. The summed E-state index contributed by atoms with van der Waals surface area (Å²) >= 11 is 0. The average molecular weight is 242 g/mol. The molecule has 1 aliphatic carbocycles. The molecule has 0 aromatic carbocycles. The van der Waals surface area contributed by atoms with Gasteiger partial charge in [-0.05, 0) is 26.7 Å². The van der Waals surface area contributed by atoms with E-state index in [0.717, 1.165) is 0 Å². The van der Waals surface area contributed by atoms with Gasteiger partial charge < -0.3 is 15.3 Å². The van der Waals surface area contributed by atoms with Crippen LogP contribution in [0, 0.1) is 5.41 Å². The maximum absolute atomic E-state index is 11.9. The van der Waals surface area contributed by atoms with Gasteiger partial charge in [0.2, 0.25) is 11.8 Å². The van der Waals surface area contributed by atoms with E-state index in [9.17, 15) is 14.4 Å². The van der Waals surface area contributed by atoms with Gasteiger partial charge in [0.1, 0.15) is 5.41 Å². The lowest BCUT2D eigenvalue weighted by Crippen LogP contribution is -2.45. The van der Waals surface area contributed by atoms with E-state index < -0.39 is 17.3 Å². The Labute approximate surface area is 100.0 Å². The van der Waals surface area contributed by atoms with E-state index in [0.29, 0.717) is 12.8 Å². The van der Waals surface area contributed by atoms with E-state index in [4.69, 9.17) is 5.11 Å². The highest BCUT2D eigenvalue weighted by Gasteiger charge is 2.58. The number of carboxylic acid groups (broad SMARTS) is 1. The second-order valence-corrected chi connectivity index (χ2v) is 4.77. The topological polar surface area (TPSA) is 86.7 Å². The predicted molar refractivity (Wildman–Crippen MR) is 60.2 cm³/mol. The van der Waals surface area contributed by atoms with Crippen molar-refractivity contribution in [3.63, 3.8) is 0 Å². The van der Waals surface area contributed by atoms with Crippen LogP contribution in [-0.4, -0.2) is 47.4 Å². The highest BCUT2D eigenvalue weighted by Crippen LogP contribution is 2.47. The maximum Gasteiger partial charge on any atom is 0.319 e. The highest BCUT2D eigenvalue weighted by molar-refractivity contribution is 6.05. The first-order valence-electron chi connectivity index (χ1n) is 5.58. The van der Waals surface area contributed by atoms with Gasteiger partial charge in [-0.25, -0.2) is 0 Å². The van der Waals surface area contributed by atoms with Crippen LogP contribution in [0.4, 0.5) is 0 Å². The third-order valence-corrected chi connectivity index (χ3v) is 2.75. The lowest BCUT2D eigenvalue weighted by molar-refractivity contribution is -0.153. The van der Waals surface area contributed by atoms with E-state index >= 15 is 0 Å². The van der Waals surface area contributed by atoms with Crippen LogP contribution in [-0.2, 0) is 14.4 Å². The third-order valence-electron chi connectivity index (χ3n) is 2.75. The first-order valence-corrected chi connectivity index (χ1v) is 5.58. The minimum absolute atomic E-state index is 0.000334. The van der Waals surface area contributed by atoms with Crippen LogP contribution in [0.1, 0.15) is 26.7 Å². The summed E-state index contributed by atoms with van der Waals surface area (Å²) in [5.41, 5.74) is -1.27. The molecule has 0 bridgehead atoms. The van der Waals surface area contributed by atoms with Gasteiger partial charge in [0.15, 0.2) is 0 Å². The summed E-state index contributed by atoms with van der Waals surface area (Å²) in [5.74, 6) is -1.86. The number of aliphatic carboxylic acids is 1. The molecule has 0 heterocycles. The van der Waals surface area contributed by atoms with Crippen molar-refractivity contribution in [1.82, 2.24) is 10.2 Å². The van der Waals surface area contributed by atoms with Crippen molar-refractivity contribution in [1.29, 1.82) is 0 Å². The molecule has 1 aliphatic rings. The Morgan fingerprint density at radius 3 is 2.24 bits per heavy atom. The number of nitrogens with zero attached hydrogens (tertiary/aromatic N) is 1. The largest absolute Gasteiger partial charge is 0.480 e. The fourth-order valence-corrected chi connectivity index (χ4v) is 1.66. The zero-order valence-corrected chi connectivity index (χ0v) is 10.3. The number of carboxylic acids is 1. The summed E-state index contributed by atoms with van der Waals surface area (Å²) < 4.78 is 0. The lowest BCUT2D eigenvalue weighted by atomic mass is 10.1. The van der Waals surface area contributed by atoms with Crippen molar-refractivity contribution in [2.24, 2.45) is 5.41 Å². The molecule has 0 saturated heterocycles. The summed E-state index contributed by atoms with van der Waals surface area (Å²) in [7, 11) is 1.45. The SMILES string of the molecule is CC(C)NC(=O)CN(C)C(=O)C1(C(=O)O)CC1. The molecule has 17 heavy (non-hydrogen) atoms. The van der Waals surface area contributed by atoms with E-state index in [1.807, 2.05) is 13.8 Å². The molecule has 2 N–H and O–H groups in total. The van der Waals surface area contributed by atoms with Crippen molar-refractivity contribution < 1.29 is 19.5 Å². The van der Waals surface area contributed by atoms with Gasteiger partial charge >= 0.3 is 5.97 Å². The Bertz CT molecular complexity index is 347. The number of amides is 2. The minimum Gasteiger partial charge on any atom is -0.480 e. The number of carbonyl (C=O) groups excluding carboxylic acids is 2. The van der Waals surface area contributed by atoms with Crippen molar-refractivity contribution in [3.8, 4) is 0 Å². The van der Waals surface area contributed by atoms with E-state index in [1.165, 1.54) is 11.9 Å². The van der Waals surface area contributed by atoms with Crippen LogP contribution in [0.15, 0.2) is 0 Å². The molecule has 6 heteroatoms. The number of likely N-dealkylation sites (N-methyl/N-ethyl adjacent to an activating group) is 1. The molecular weight excluding hydrogens is 224 g/mol. The summed E-state index contributed by atoms with van der Waals surface area (Å²) in [6.45, 7) is 3.53. The average Bonchev–Trinajstić information content (AvgIpc) is 2.95. The van der Waals surface area contributed by atoms with Crippen molar-refractivity contribution in [2.45, 2.75) is 32.7 Å². The van der Waals surface area contributed by atoms with E-state index in [1.54, 1.807) is 0 Å². The Kier molecular flexibility index (Phi) is 3.75. The van der Waals surface area contributed by atoms with E-state index in [2.05, 4.69) is 5.32 Å². The molecule has 0 aromatic heterocycles. The normalized spacial score (nSPS) is 16.5. The second kappa shape index (κ2) is 4.73. The molecule has 6 nitrogen and oxygen atoms in total. The third kappa shape index (κ3) is 2.95. The molecule has 2 amide bonds.